The molecule has 1 aliphatic carbocycles. The highest BCUT2D eigenvalue weighted by Crippen LogP contribution is 2.29. The Hall–Kier alpha value is -2.63. The SMILES string of the molecule is COc1ccc(S(=O)(=O)Nc2ccc(S(=O)(=O)NC3CC3)cc2)cc1NC(C)=O. The molecule has 29 heavy (non-hydrogen) atoms. The van der Waals surface area contributed by atoms with E-state index in [1.165, 1.54) is 56.5 Å². The Labute approximate surface area is 169 Å². The Morgan fingerprint density at radius 1 is 0.966 bits per heavy atom. The van der Waals surface area contributed by atoms with Gasteiger partial charge in [-0.15, -0.1) is 0 Å². The van der Waals surface area contributed by atoms with Gasteiger partial charge in [-0.05, 0) is 55.3 Å². The summed E-state index contributed by atoms with van der Waals surface area (Å²) >= 11 is 0. The molecule has 0 spiro atoms. The Morgan fingerprint density at radius 3 is 2.14 bits per heavy atom. The maximum absolute atomic E-state index is 12.7. The van der Waals surface area contributed by atoms with E-state index in [1.807, 2.05) is 0 Å². The summed E-state index contributed by atoms with van der Waals surface area (Å²) in [5.74, 6) is -0.0562. The first-order chi connectivity index (χ1) is 13.6. The quantitative estimate of drug-likeness (QED) is 0.576. The fourth-order valence-corrected chi connectivity index (χ4v) is 4.94. The molecule has 0 bridgehead atoms. The van der Waals surface area contributed by atoms with Crippen LogP contribution in [0.2, 0.25) is 0 Å². The van der Waals surface area contributed by atoms with Crippen molar-refractivity contribution in [1.29, 1.82) is 0 Å². The van der Waals surface area contributed by atoms with E-state index in [0.717, 1.165) is 12.8 Å². The fourth-order valence-electron chi connectivity index (χ4n) is 2.55. The molecule has 0 radical (unpaired) electrons. The predicted octanol–water partition coefficient (Wildman–Crippen LogP) is 1.90. The molecule has 11 heteroatoms. The first-order valence-corrected chi connectivity index (χ1v) is 11.7. The lowest BCUT2D eigenvalue weighted by atomic mass is 10.3. The van der Waals surface area contributed by atoms with Gasteiger partial charge in [-0.2, -0.15) is 0 Å². The van der Waals surface area contributed by atoms with E-state index in [4.69, 9.17) is 4.74 Å². The number of sulfonamides is 2. The van der Waals surface area contributed by atoms with Gasteiger partial charge >= 0.3 is 0 Å². The fraction of sp³-hybridized carbons (Fsp3) is 0.278. The number of anilines is 2. The van der Waals surface area contributed by atoms with Gasteiger partial charge in [-0.1, -0.05) is 0 Å². The van der Waals surface area contributed by atoms with Crippen molar-refractivity contribution in [3.63, 3.8) is 0 Å². The van der Waals surface area contributed by atoms with E-state index in [-0.39, 0.29) is 33.1 Å². The van der Waals surface area contributed by atoms with Crippen LogP contribution in [0.1, 0.15) is 19.8 Å². The molecule has 0 aromatic heterocycles. The lowest BCUT2D eigenvalue weighted by Gasteiger charge is -2.13. The molecule has 0 heterocycles. The highest BCUT2D eigenvalue weighted by atomic mass is 32.2. The van der Waals surface area contributed by atoms with E-state index in [1.54, 1.807) is 0 Å². The summed E-state index contributed by atoms with van der Waals surface area (Å²) in [5, 5.41) is 2.52. The van der Waals surface area contributed by atoms with Crippen LogP contribution in [0.15, 0.2) is 52.3 Å². The monoisotopic (exact) mass is 439 g/mol. The average Bonchev–Trinajstić information content (AvgIpc) is 3.44. The van der Waals surface area contributed by atoms with Crippen LogP contribution >= 0.6 is 0 Å². The van der Waals surface area contributed by atoms with E-state index in [0.29, 0.717) is 5.75 Å². The predicted molar refractivity (Wildman–Crippen MR) is 108 cm³/mol. The van der Waals surface area contributed by atoms with Gasteiger partial charge in [0.15, 0.2) is 0 Å². The second-order valence-corrected chi connectivity index (χ2v) is 9.97. The Morgan fingerprint density at radius 2 is 1.59 bits per heavy atom. The lowest BCUT2D eigenvalue weighted by molar-refractivity contribution is -0.114. The van der Waals surface area contributed by atoms with Crippen LogP contribution in [0.3, 0.4) is 0 Å². The Kier molecular flexibility index (Phi) is 5.82. The second kappa shape index (κ2) is 8.01. The van der Waals surface area contributed by atoms with Crippen molar-refractivity contribution in [2.75, 3.05) is 17.1 Å². The number of amides is 1. The first kappa shape index (κ1) is 21.1. The molecule has 3 rings (SSSR count). The molecule has 3 N–H and O–H groups in total. The number of carbonyl (C=O) groups excluding carboxylic acids is 1. The highest BCUT2D eigenvalue weighted by Gasteiger charge is 2.28. The third kappa shape index (κ3) is 5.25. The topological polar surface area (TPSA) is 131 Å². The number of hydrogen-bond donors (Lipinski definition) is 3. The van der Waals surface area contributed by atoms with Crippen molar-refractivity contribution in [2.45, 2.75) is 35.6 Å². The largest absolute Gasteiger partial charge is 0.495 e. The van der Waals surface area contributed by atoms with Crippen LogP contribution in [-0.4, -0.2) is 35.9 Å². The van der Waals surface area contributed by atoms with Crippen molar-refractivity contribution in [1.82, 2.24) is 4.72 Å². The molecule has 1 amide bonds. The smallest absolute Gasteiger partial charge is 0.261 e. The molecule has 1 aliphatic rings. The van der Waals surface area contributed by atoms with E-state index in [9.17, 15) is 21.6 Å². The van der Waals surface area contributed by atoms with Gasteiger partial charge in [-0.25, -0.2) is 21.6 Å². The summed E-state index contributed by atoms with van der Waals surface area (Å²) in [6.45, 7) is 1.30. The number of methoxy groups -OCH3 is 1. The van der Waals surface area contributed by atoms with Gasteiger partial charge in [0.2, 0.25) is 15.9 Å². The number of carbonyl (C=O) groups is 1. The van der Waals surface area contributed by atoms with Crippen LogP contribution in [0.5, 0.6) is 5.75 Å². The van der Waals surface area contributed by atoms with E-state index >= 15 is 0 Å². The van der Waals surface area contributed by atoms with Crippen molar-refractivity contribution in [3.05, 3.63) is 42.5 Å². The molecule has 0 atom stereocenters. The normalized spacial score (nSPS) is 14.3. The van der Waals surface area contributed by atoms with Crippen molar-refractivity contribution in [2.24, 2.45) is 0 Å². The van der Waals surface area contributed by atoms with Gasteiger partial charge in [0, 0.05) is 18.7 Å². The van der Waals surface area contributed by atoms with Crippen LogP contribution in [0.25, 0.3) is 0 Å². The van der Waals surface area contributed by atoms with Gasteiger partial charge in [0.1, 0.15) is 5.75 Å². The molecule has 0 aliphatic heterocycles. The molecule has 1 saturated carbocycles. The molecule has 1 fully saturated rings. The molecule has 0 unspecified atom stereocenters. The third-order valence-electron chi connectivity index (χ3n) is 4.11. The van der Waals surface area contributed by atoms with Crippen LogP contribution in [0, 0.1) is 0 Å². The zero-order chi connectivity index (χ0) is 21.2. The van der Waals surface area contributed by atoms with E-state index < -0.39 is 20.0 Å². The molecular formula is C18H21N3O6S2. The summed E-state index contributed by atoms with van der Waals surface area (Å²) in [7, 11) is -6.19. The third-order valence-corrected chi connectivity index (χ3v) is 7.02. The van der Waals surface area contributed by atoms with Crippen LogP contribution in [0.4, 0.5) is 11.4 Å². The molecular weight excluding hydrogens is 418 g/mol. The number of rotatable bonds is 8. The van der Waals surface area contributed by atoms with Gasteiger partial charge in [0.25, 0.3) is 10.0 Å². The minimum absolute atomic E-state index is 0.0222. The minimum Gasteiger partial charge on any atom is -0.495 e. The van der Waals surface area contributed by atoms with Crippen molar-refractivity contribution in [3.8, 4) is 5.75 Å². The minimum atomic E-state index is -3.98. The standard InChI is InChI=1S/C18H21N3O6S2/c1-12(22)19-17-11-16(9-10-18(17)27-2)29(25,26)21-14-5-7-15(8-6-14)28(23,24)20-13-3-4-13/h5-11,13,20-21H,3-4H2,1-2H3,(H,19,22). The van der Waals surface area contributed by atoms with Crippen LogP contribution < -0.4 is 19.5 Å². The highest BCUT2D eigenvalue weighted by molar-refractivity contribution is 7.92. The Balaban J connectivity index is 1.81. The summed E-state index contributed by atoms with van der Waals surface area (Å²) in [6.07, 6.45) is 1.64. The second-order valence-electron chi connectivity index (χ2n) is 6.57. The zero-order valence-corrected chi connectivity index (χ0v) is 17.4. The number of benzene rings is 2. The number of hydrogen-bond acceptors (Lipinski definition) is 6. The van der Waals surface area contributed by atoms with Gasteiger partial charge in [-0.3, -0.25) is 9.52 Å². The summed E-state index contributed by atoms with van der Waals surface area (Å²) in [4.78, 5) is 11.3. The summed E-state index contributed by atoms with van der Waals surface area (Å²) in [6, 6.07) is 9.43. The van der Waals surface area contributed by atoms with Gasteiger partial charge in [0.05, 0.1) is 22.6 Å². The van der Waals surface area contributed by atoms with Gasteiger partial charge < -0.3 is 10.1 Å². The zero-order valence-electron chi connectivity index (χ0n) is 15.8. The first-order valence-electron chi connectivity index (χ1n) is 8.71. The molecule has 2 aromatic carbocycles. The van der Waals surface area contributed by atoms with Crippen LogP contribution in [-0.2, 0) is 24.8 Å². The average molecular weight is 440 g/mol. The maximum atomic E-state index is 12.7. The molecule has 9 nitrogen and oxygen atoms in total. The molecule has 0 saturated heterocycles. The summed E-state index contributed by atoms with van der Waals surface area (Å²) < 4.78 is 59.8. The molecule has 2 aromatic rings. The van der Waals surface area contributed by atoms with E-state index in [2.05, 4.69) is 14.8 Å². The maximum Gasteiger partial charge on any atom is 0.261 e. The summed E-state index contributed by atoms with van der Waals surface area (Å²) in [5.41, 5.74) is 0.419. The Bertz CT molecular complexity index is 1120. The number of nitrogens with one attached hydrogen (secondary N) is 3. The number of ether oxygens (including phenoxy) is 1. The lowest BCUT2D eigenvalue weighted by Crippen LogP contribution is -2.25. The van der Waals surface area contributed by atoms with Crippen molar-refractivity contribution >= 4 is 37.3 Å². The van der Waals surface area contributed by atoms with Crippen molar-refractivity contribution < 1.29 is 26.4 Å². The molecule has 156 valence electrons.